The van der Waals surface area contributed by atoms with Crippen molar-refractivity contribution >= 4 is 34.8 Å². The Labute approximate surface area is 134 Å². The van der Waals surface area contributed by atoms with Crippen molar-refractivity contribution in [2.24, 2.45) is 5.92 Å². The normalized spacial score (nSPS) is 20.1. The monoisotopic (exact) mass is 319 g/mol. The predicted molar refractivity (Wildman–Crippen MR) is 87.1 cm³/mol. The van der Waals surface area contributed by atoms with E-state index in [0.29, 0.717) is 10.0 Å². The van der Waals surface area contributed by atoms with Gasteiger partial charge in [0, 0.05) is 21.7 Å². The molecule has 0 aliphatic heterocycles. The molecule has 0 radical (unpaired) electrons. The molecule has 2 nitrogen and oxygen atoms in total. The zero-order chi connectivity index (χ0) is 15.0. The van der Waals surface area contributed by atoms with Crippen LogP contribution in [0, 0.1) is 12.8 Å². The lowest BCUT2D eigenvalue weighted by molar-refractivity contribution is -0.117. The molecule has 0 aromatic heterocycles. The Kier molecular flexibility index (Phi) is 3.92. The first-order valence-electron chi connectivity index (χ1n) is 6.86. The fourth-order valence-corrected chi connectivity index (χ4v) is 3.06. The third-order valence-corrected chi connectivity index (χ3v) is 4.20. The van der Waals surface area contributed by atoms with Crippen LogP contribution in [0.15, 0.2) is 42.5 Å². The molecule has 21 heavy (non-hydrogen) atoms. The van der Waals surface area contributed by atoms with Gasteiger partial charge in [-0.1, -0.05) is 40.9 Å². The van der Waals surface area contributed by atoms with Crippen LogP contribution >= 0.6 is 23.2 Å². The van der Waals surface area contributed by atoms with Crippen LogP contribution in [-0.2, 0) is 4.79 Å². The number of aryl methyl sites for hydroxylation is 1. The van der Waals surface area contributed by atoms with Crippen LogP contribution in [0.25, 0.3) is 0 Å². The molecule has 1 N–H and O–H groups in total. The van der Waals surface area contributed by atoms with Crippen molar-refractivity contribution in [3.05, 3.63) is 63.6 Å². The molecule has 0 spiro atoms. The number of halogens is 2. The highest BCUT2D eigenvalue weighted by Crippen LogP contribution is 2.49. The van der Waals surface area contributed by atoms with Gasteiger partial charge in [0.2, 0.25) is 5.91 Å². The van der Waals surface area contributed by atoms with Gasteiger partial charge in [-0.15, -0.1) is 0 Å². The Hall–Kier alpha value is -1.51. The summed E-state index contributed by atoms with van der Waals surface area (Å²) in [5.74, 6) is 0.271. The van der Waals surface area contributed by atoms with Crippen LogP contribution in [0.5, 0.6) is 0 Å². The number of anilines is 1. The molecule has 1 aliphatic carbocycles. The van der Waals surface area contributed by atoms with Crippen LogP contribution in [0.1, 0.15) is 23.5 Å². The third kappa shape index (κ3) is 3.39. The molecule has 2 aromatic carbocycles. The lowest BCUT2D eigenvalue weighted by Gasteiger charge is -2.06. The maximum Gasteiger partial charge on any atom is 0.228 e. The first-order chi connectivity index (χ1) is 10.0. The summed E-state index contributed by atoms with van der Waals surface area (Å²) in [5, 5.41) is 4.18. The smallest absolute Gasteiger partial charge is 0.228 e. The number of carbonyl (C=O) groups excluding carboxylic acids is 1. The van der Waals surface area contributed by atoms with E-state index in [2.05, 4.69) is 5.32 Å². The van der Waals surface area contributed by atoms with E-state index in [4.69, 9.17) is 23.2 Å². The highest BCUT2D eigenvalue weighted by Gasteiger charge is 2.44. The quantitative estimate of drug-likeness (QED) is 0.843. The molecule has 4 heteroatoms. The molecular formula is C17H15Cl2NO. The lowest BCUT2D eigenvalue weighted by atomic mass is 10.1. The minimum atomic E-state index is 0.000774. The van der Waals surface area contributed by atoms with Gasteiger partial charge in [0.15, 0.2) is 0 Å². The molecule has 0 saturated heterocycles. The number of nitrogens with one attached hydrogen (secondary N) is 1. The van der Waals surface area contributed by atoms with E-state index < -0.39 is 0 Å². The van der Waals surface area contributed by atoms with E-state index >= 15 is 0 Å². The molecule has 2 aromatic rings. The molecule has 0 unspecified atom stereocenters. The van der Waals surface area contributed by atoms with Crippen LogP contribution in [0.3, 0.4) is 0 Å². The maximum absolute atomic E-state index is 12.2. The molecule has 2 atom stereocenters. The van der Waals surface area contributed by atoms with E-state index in [-0.39, 0.29) is 17.7 Å². The summed E-state index contributed by atoms with van der Waals surface area (Å²) in [6.07, 6.45) is 0.842. The Balaban J connectivity index is 1.67. The maximum atomic E-state index is 12.2. The summed E-state index contributed by atoms with van der Waals surface area (Å²) < 4.78 is 0. The number of hydrogen-bond donors (Lipinski definition) is 1. The van der Waals surface area contributed by atoms with Crippen LogP contribution in [-0.4, -0.2) is 5.91 Å². The summed E-state index contributed by atoms with van der Waals surface area (Å²) in [5.41, 5.74) is 3.04. The summed E-state index contributed by atoms with van der Waals surface area (Å²) in [6, 6.07) is 13.3. The fraction of sp³-hybridized carbons (Fsp3) is 0.235. The number of rotatable bonds is 3. The molecule has 1 saturated carbocycles. The van der Waals surface area contributed by atoms with E-state index in [9.17, 15) is 4.79 Å². The molecule has 3 rings (SSSR count). The molecule has 0 bridgehead atoms. The first kappa shape index (κ1) is 14.4. The van der Waals surface area contributed by atoms with Crippen molar-refractivity contribution in [2.45, 2.75) is 19.3 Å². The molecule has 1 aliphatic rings. The summed E-state index contributed by atoms with van der Waals surface area (Å²) in [7, 11) is 0. The van der Waals surface area contributed by atoms with Gasteiger partial charge in [0.25, 0.3) is 0 Å². The van der Waals surface area contributed by atoms with Crippen molar-refractivity contribution in [3.63, 3.8) is 0 Å². The Bertz CT molecular complexity index is 661. The predicted octanol–water partition coefficient (Wildman–Crippen LogP) is 5.04. The average Bonchev–Trinajstić information content (AvgIpc) is 3.20. The number of amides is 1. The van der Waals surface area contributed by atoms with Gasteiger partial charge >= 0.3 is 0 Å². The molecule has 1 amide bonds. The molecule has 0 heterocycles. The number of hydrogen-bond acceptors (Lipinski definition) is 1. The zero-order valence-electron chi connectivity index (χ0n) is 11.6. The van der Waals surface area contributed by atoms with Gasteiger partial charge in [-0.25, -0.2) is 0 Å². The average molecular weight is 320 g/mol. The van der Waals surface area contributed by atoms with Crippen molar-refractivity contribution in [1.29, 1.82) is 0 Å². The van der Waals surface area contributed by atoms with Crippen LogP contribution < -0.4 is 5.32 Å². The fourth-order valence-electron chi connectivity index (χ4n) is 2.51. The van der Waals surface area contributed by atoms with Gasteiger partial charge in [-0.3, -0.25) is 4.79 Å². The second kappa shape index (κ2) is 5.70. The van der Waals surface area contributed by atoms with Crippen LogP contribution in [0.2, 0.25) is 10.0 Å². The second-order valence-electron chi connectivity index (χ2n) is 5.51. The Morgan fingerprint density at radius 1 is 1.10 bits per heavy atom. The largest absolute Gasteiger partial charge is 0.326 e. The Morgan fingerprint density at radius 2 is 1.71 bits per heavy atom. The van der Waals surface area contributed by atoms with Gasteiger partial charge in [0.05, 0.1) is 0 Å². The highest BCUT2D eigenvalue weighted by molar-refractivity contribution is 6.34. The second-order valence-corrected chi connectivity index (χ2v) is 6.38. The van der Waals surface area contributed by atoms with Gasteiger partial charge in [-0.2, -0.15) is 0 Å². The third-order valence-electron chi connectivity index (χ3n) is 3.76. The van der Waals surface area contributed by atoms with Crippen molar-refractivity contribution in [2.75, 3.05) is 5.32 Å². The van der Waals surface area contributed by atoms with Gasteiger partial charge < -0.3 is 5.32 Å². The summed E-state index contributed by atoms with van der Waals surface area (Å²) in [6.45, 7) is 2.02. The molecular weight excluding hydrogens is 305 g/mol. The van der Waals surface area contributed by atoms with Crippen LogP contribution in [0.4, 0.5) is 5.69 Å². The minimum absolute atomic E-state index is 0.000774. The zero-order valence-corrected chi connectivity index (χ0v) is 13.1. The van der Waals surface area contributed by atoms with E-state index in [1.54, 1.807) is 6.07 Å². The van der Waals surface area contributed by atoms with E-state index in [1.165, 1.54) is 5.56 Å². The molecule has 108 valence electrons. The summed E-state index contributed by atoms with van der Waals surface area (Å²) >= 11 is 12.0. The standard InChI is InChI=1S/C17H15Cl2NO/c1-10-2-4-14(5-3-10)20-17(21)16-9-15(16)11-6-12(18)8-13(19)7-11/h2-8,15-16H,9H2,1H3,(H,20,21)/t15-,16-/m0/s1. The summed E-state index contributed by atoms with van der Waals surface area (Å²) in [4.78, 5) is 12.2. The number of benzene rings is 2. The molecule has 1 fully saturated rings. The van der Waals surface area contributed by atoms with Gasteiger partial charge in [-0.05, 0) is 55.2 Å². The van der Waals surface area contributed by atoms with Crippen molar-refractivity contribution < 1.29 is 4.79 Å². The Morgan fingerprint density at radius 3 is 2.33 bits per heavy atom. The van der Waals surface area contributed by atoms with Gasteiger partial charge in [0.1, 0.15) is 0 Å². The number of carbonyl (C=O) groups is 1. The van der Waals surface area contributed by atoms with E-state index in [1.807, 2.05) is 43.3 Å². The SMILES string of the molecule is Cc1ccc(NC(=O)[C@H]2C[C@H]2c2cc(Cl)cc(Cl)c2)cc1. The lowest BCUT2D eigenvalue weighted by Crippen LogP contribution is -2.14. The first-order valence-corrected chi connectivity index (χ1v) is 7.62. The van der Waals surface area contributed by atoms with E-state index in [0.717, 1.165) is 17.7 Å². The topological polar surface area (TPSA) is 29.1 Å². The minimum Gasteiger partial charge on any atom is -0.326 e. The van der Waals surface area contributed by atoms with Crippen molar-refractivity contribution in [3.8, 4) is 0 Å². The highest BCUT2D eigenvalue weighted by atomic mass is 35.5. The van der Waals surface area contributed by atoms with Crippen molar-refractivity contribution in [1.82, 2.24) is 0 Å².